The maximum Gasteiger partial charge on any atom is 0.409 e. The Morgan fingerprint density at radius 1 is 1.03 bits per heavy atom. The number of rotatable bonds is 6. The number of aromatic nitrogens is 5. The number of benzene rings is 1. The summed E-state index contributed by atoms with van der Waals surface area (Å²) in [5.41, 5.74) is 3.27. The second-order valence-corrected chi connectivity index (χ2v) is 10.2. The maximum absolute atomic E-state index is 11.0. The zero-order chi connectivity index (χ0) is 26.8. The average Bonchev–Trinajstić information content (AvgIpc) is 3.39. The number of nitrogens with zero attached hydrogens (tertiary/aromatic N) is 7. The fourth-order valence-corrected chi connectivity index (χ4v) is 5.34. The van der Waals surface area contributed by atoms with E-state index in [9.17, 15) is 4.79 Å². The molecule has 1 aromatic carbocycles. The van der Waals surface area contributed by atoms with Crippen molar-refractivity contribution in [3.63, 3.8) is 0 Å². The molecular weight excluding hydrogens is 520 g/mol. The number of likely N-dealkylation sites (tertiary alicyclic amines) is 1. The van der Waals surface area contributed by atoms with E-state index in [0.29, 0.717) is 29.9 Å². The summed E-state index contributed by atoms with van der Waals surface area (Å²) in [6.07, 6.45) is 4.54. The summed E-state index contributed by atoms with van der Waals surface area (Å²) in [6, 6.07) is 11.2. The first-order chi connectivity index (χ1) is 19.0. The van der Waals surface area contributed by atoms with Crippen LogP contribution in [0, 0.1) is 0 Å². The van der Waals surface area contributed by atoms with Crippen molar-refractivity contribution >= 4 is 40.2 Å². The molecule has 2 saturated heterocycles. The molecule has 6 rings (SSSR count). The highest BCUT2D eigenvalue weighted by molar-refractivity contribution is 6.29. The number of carboxylic acid groups (broad SMARTS) is 1. The molecule has 0 aliphatic carbocycles. The van der Waals surface area contributed by atoms with E-state index in [2.05, 4.69) is 24.8 Å². The number of ether oxygens (including phenoxy) is 1. The Morgan fingerprint density at radius 3 is 2.49 bits per heavy atom. The van der Waals surface area contributed by atoms with Crippen LogP contribution in [0.3, 0.4) is 0 Å². The second kappa shape index (κ2) is 11.1. The number of carbonyl (C=O) groups is 1. The van der Waals surface area contributed by atoms with Crippen molar-refractivity contribution in [3.05, 3.63) is 59.5 Å². The van der Waals surface area contributed by atoms with Crippen LogP contribution in [-0.2, 0) is 11.3 Å². The number of fused-ring (bicyclic) bond motifs is 1. The summed E-state index contributed by atoms with van der Waals surface area (Å²) in [4.78, 5) is 29.8. The van der Waals surface area contributed by atoms with Gasteiger partial charge in [0, 0.05) is 50.2 Å². The number of nitrogens with one attached hydrogen (secondary N) is 1. The molecule has 0 radical (unpaired) electrons. The average molecular weight is 549 g/mol. The van der Waals surface area contributed by atoms with Crippen LogP contribution < -0.4 is 10.2 Å². The van der Waals surface area contributed by atoms with Gasteiger partial charge in [0.15, 0.2) is 11.5 Å². The molecule has 5 heterocycles. The number of hydrogen-bond acceptors (Lipinski definition) is 8. The molecule has 4 aromatic rings. The molecule has 11 nitrogen and oxygen atoms in total. The van der Waals surface area contributed by atoms with E-state index in [0.717, 1.165) is 73.5 Å². The van der Waals surface area contributed by atoms with Crippen LogP contribution in [0.2, 0.25) is 5.15 Å². The number of pyridine rings is 1. The third-order valence-corrected chi connectivity index (χ3v) is 7.46. The van der Waals surface area contributed by atoms with Crippen LogP contribution in [0.15, 0.2) is 48.8 Å². The Labute approximate surface area is 230 Å². The predicted octanol–water partition coefficient (Wildman–Crippen LogP) is 4.31. The lowest BCUT2D eigenvalue weighted by molar-refractivity contribution is 0.122. The van der Waals surface area contributed by atoms with E-state index in [1.807, 2.05) is 36.7 Å². The summed E-state index contributed by atoms with van der Waals surface area (Å²) in [5.74, 6) is 1.44. The van der Waals surface area contributed by atoms with Crippen LogP contribution in [0.5, 0.6) is 0 Å². The highest BCUT2D eigenvalue weighted by atomic mass is 35.5. The lowest BCUT2D eigenvalue weighted by atomic mass is 10.0. The van der Waals surface area contributed by atoms with Gasteiger partial charge in [-0.25, -0.2) is 24.4 Å². The van der Waals surface area contributed by atoms with Gasteiger partial charge in [-0.1, -0.05) is 17.7 Å². The van der Waals surface area contributed by atoms with Crippen LogP contribution in [0.4, 0.5) is 16.3 Å². The van der Waals surface area contributed by atoms with E-state index >= 15 is 0 Å². The van der Waals surface area contributed by atoms with E-state index in [-0.39, 0.29) is 6.04 Å². The van der Waals surface area contributed by atoms with Crippen molar-refractivity contribution in [2.45, 2.75) is 25.4 Å². The first kappa shape index (κ1) is 25.5. The first-order valence-corrected chi connectivity index (χ1v) is 13.4. The van der Waals surface area contributed by atoms with E-state index in [4.69, 9.17) is 36.5 Å². The summed E-state index contributed by atoms with van der Waals surface area (Å²) in [5, 5.41) is 17.6. The first-order valence-electron chi connectivity index (χ1n) is 13.0. The van der Waals surface area contributed by atoms with Gasteiger partial charge in [-0.05, 0) is 48.7 Å². The normalized spacial score (nSPS) is 17.0. The standard InChI is InChI=1S/C27H29ClN8O3/c28-23-6-1-18(15-29-23)17-34-9-7-21(8-10-34)36-26-22(16-30-36)25(35-11-13-39-14-12-35)32-24(33-26)19-2-4-20(5-3-19)31-27(37)38/h1-6,15-16,21,31H,7-14,17H2,(H,37,38). The molecule has 39 heavy (non-hydrogen) atoms. The van der Waals surface area contributed by atoms with Crippen molar-refractivity contribution in [1.29, 1.82) is 0 Å². The largest absolute Gasteiger partial charge is 0.465 e. The molecule has 12 heteroatoms. The van der Waals surface area contributed by atoms with Gasteiger partial charge >= 0.3 is 6.09 Å². The van der Waals surface area contributed by atoms with Gasteiger partial charge < -0.3 is 14.7 Å². The van der Waals surface area contributed by atoms with Crippen LogP contribution in [0.1, 0.15) is 24.4 Å². The molecule has 2 fully saturated rings. The topological polar surface area (TPSA) is 122 Å². The summed E-state index contributed by atoms with van der Waals surface area (Å²) in [6.45, 7) is 5.52. The SMILES string of the molecule is O=C(O)Nc1ccc(-c2nc(N3CCOCC3)c3cnn(C4CCN(Cc5ccc(Cl)nc5)CC4)c3n2)cc1. The van der Waals surface area contributed by atoms with Crippen LogP contribution in [0.25, 0.3) is 22.4 Å². The predicted molar refractivity (Wildman–Crippen MR) is 148 cm³/mol. The van der Waals surface area contributed by atoms with Crippen LogP contribution in [-0.4, -0.2) is 80.2 Å². The fourth-order valence-electron chi connectivity index (χ4n) is 5.23. The summed E-state index contributed by atoms with van der Waals surface area (Å²) >= 11 is 5.94. The smallest absolute Gasteiger partial charge is 0.409 e. The minimum Gasteiger partial charge on any atom is -0.465 e. The van der Waals surface area contributed by atoms with Crippen molar-refractivity contribution in [2.75, 3.05) is 49.6 Å². The van der Waals surface area contributed by atoms with E-state index < -0.39 is 6.09 Å². The fraction of sp³-hybridized carbons (Fsp3) is 0.370. The molecule has 2 N–H and O–H groups in total. The lowest BCUT2D eigenvalue weighted by Gasteiger charge is -2.32. The van der Waals surface area contributed by atoms with Crippen molar-refractivity contribution in [2.24, 2.45) is 0 Å². The number of halogens is 1. The van der Waals surface area contributed by atoms with E-state index in [1.54, 1.807) is 12.1 Å². The molecule has 202 valence electrons. The highest BCUT2D eigenvalue weighted by Crippen LogP contribution is 2.32. The monoisotopic (exact) mass is 548 g/mol. The van der Waals surface area contributed by atoms with Crippen molar-refractivity contribution < 1.29 is 14.6 Å². The zero-order valence-corrected chi connectivity index (χ0v) is 22.1. The van der Waals surface area contributed by atoms with Crippen LogP contribution >= 0.6 is 11.6 Å². The summed E-state index contributed by atoms with van der Waals surface area (Å²) in [7, 11) is 0. The van der Waals surface area contributed by atoms with Gasteiger partial charge in [-0.15, -0.1) is 0 Å². The third-order valence-electron chi connectivity index (χ3n) is 7.24. The molecular formula is C27H29ClN8O3. The quantitative estimate of drug-likeness (QED) is 0.339. The Kier molecular flexibility index (Phi) is 7.27. The van der Waals surface area contributed by atoms with Gasteiger partial charge in [0.05, 0.1) is 30.8 Å². The Balaban J connectivity index is 1.28. The summed E-state index contributed by atoms with van der Waals surface area (Å²) < 4.78 is 7.64. The molecule has 0 saturated carbocycles. The Hall–Kier alpha value is -3.80. The molecule has 1 amide bonds. The molecule has 0 unspecified atom stereocenters. The zero-order valence-electron chi connectivity index (χ0n) is 21.3. The lowest BCUT2D eigenvalue weighted by Crippen LogP contribution is -2.37. The van der Waals surface area contributed by atoms with E-state index in [1.165, 1.54) is 0 Å². The molecule has 3 aromatic heterocycles. The maximum atomic E-state index is 11.0. The number of morpholine rings is 1. The number of anilines is 2. The molecule has 2 aliphatic rings. The van der Waals surface area contributed by atoms with Gasteiger partial charge in [0.1, 0.15) is 11.0 Å². The number of hydrogen-bond donors (Lipinski definition) is 2. The molecule has 0 bridgehead atoms. The van der Waals surface area contributed by atoms with Gasteiger partial charge in [0.25, 0.3) is 0 Å². The third kappa shape index (κ3) is 5.65. The van der Waals surface area contributed by atoms with Gasteiger partial charge in [0.2, 0.25) is 0 Å². The van der Waals surface area contributed by atoms with Gasteiger partial charge in [-0.3, -0.25) is 10.2 Å². The number of piperidine rings is 1. The van der Waals surface area contributed by atoms with Gasteiger partial charge in [-0.2, -0.15) is 5.10 Å². The highest BCUT2D eigenvalue weighted by Gasteiger charge is 2.26. The number of amides is 1. The molecule has 2 aliphatic heterocycles. The molecule has 0 spiro atoms. The van der Waals surface area contributed by atoms with Crippen molar-refractivity contribution in [3.8, 4) is 11.4 Å². The Morgan fingerprint density at radius 2 is 1.79 bits per heavy atom. The molecule has 0 atom stereocenters. The second-order valence-electron chi connectivity index (χ2n) is 9.80. The minimum atomic E-state index is -1.10. The Bertz CT molecular complexity index is 1450. The van der Waals surface area contributed by atoms with Crippen molar-refractivity contribution in [1.82, 2.24) is 29.6 Å². The minimum absolute atomic E-state index is 0.226.